The largest absolute Gasteiger partial charge is 0.444 e. The van der Waals surface area contributed by atoms with Crippen LogP contribution in [0.5, 0.6) is 0 Å². The first-order valence-electron chi connectivity index (χ1n) is 7.19. The molecule has 1 amide bonds. The van der Waals surface area contributed by atoms with Gasteiger partial charge in [-0.1, -0.05) is 0 Å². The van der Waals surface area contributed by atoms with Gasteiger partial charge in [0.05, 0.1) is 6.67 Å². The van der Waals surface area contributed by atoms with Crippen molar-refractivity contribution in [2.24, 2.45) is 0 Å². The molecule has 112 valence electrons. The average Bonchev–Trinajstić information content (AvgIpc) is 2.53. The first-order chi connectivity index (χ1) is 8.92. The van der Waals surface area contributed by atoms with E-state index in [2.05, 4.69) is 5.32 Å². The van der Waals surface area contributed by atoms with Crippen LogP contribution in [0.3, 0.4) is 0 Å². The molecule has 19 heavy (non-hydrogen) atoms. The number of halogens is 1. The maximum Gasteiger partial charge on any atom is 0.410 e. The van der Waals surface area contributed by atoms with Gasteiger partial charge in [0.15, 0.2) is 0 Å². The molecule has 1 unspecified atom stereocenters. The van der Waals surface area contributed by atoms with Gasteiger partial charge < -0.3 is 15.0 Å². The molecule has 1 aliphatic heterocycles. The lowest BCUT2D eigenvalue weighted by Crippen LogP contribution is -2.38. The van der Waals surface area contributed by atoms with Crippen LogP contribution < -0.4 is 5.32 Å². The summed E-state index contributed by atoms with van der Waals surface area (Å²) in [6.07, 6.45) is 3.24. The van der Waals surface area contributed by atoms with E-state index in [1.807, 2.05) is 20.8 Å². The third-order valence-electron chi connectivity index (χ3n) is 3.12. The van der Waals surface area contributed by atoms with Crippen LogP contribution in [-0.2, 0) is 4.74 Å². The monoisotopic (exact) mass is 274 g/mol. The summed E-state index contributed by atoms with van der Waals surface area (Å²) in [4.78, 5) is 13.7. The second-order valence-electron chi connectivity index (χ2n) is 6.09. The molecule has 1 atom stereocenters. The SMILES string of the molecule is CC(C)(C)OC(=O)N1CCCC(NCCCF)CC1. The van der Waals surface area contributed by atoms with Crippen molar-refractivity contribution in [3.05, 3.63) is 0 Å². The number of nitrogens with zero attached hydrogens (tertiary/aromatic N) is 1. The van der Waals surface area contributed by atoms with Crippen LogP contribution in [0.15, 0.2) is 0 Å². The lowest BCUT2D eigenvalue weighted by Gasteiger charge is -2.26. The zero-order valence-corrected chi connectivity index (χ0v) is 12.4. The van der Waals surface area contributed by atoms with Gasteiger partial charge in [-0.2, -0.15) is 0 Å². The number of likely N-dealkylation sites (tertiary alicyclic amines) is 1. The molecule has 1 heterocycles. The predicted octanol–water partition coefficient (Wildman–Crippen LogP) is 2.73. The maximum absolute atomic E-state index is 12.0. The van der Waals surface area contributed by atoms with Crippen LogP contribution >= 0.6 is 0 Å². The minimum absolute atomic E-state index is 0.225. The van der Waals surface area contributed by atoms with Crippen molar-refractivity contribution in [2.75, 3.05) is 26.3 Å². The smallest absolute Gasteiger partial charge is 0.410 e. The fraction of sp³-hybridized carbons (Fsp3) is 0.929. The van der Waals surface area contributed by atoms with Gasteiger partial charge in [-0.15, -0.1) is 0 Å². The van der Waals surface area contributed by atoms with E-state index in [4.69, 9.17) is 4.74 Å². The summed E-state index contributed by atoms with van der Waals surface area (Å²) in [6.45, 7) is 7.54. The van der Waals surface area contributed by atoms with Crippen LogP contribution in [0.25, 0.3) is 0 Å². The van der Waals surface area contributed by atoms with Crippen molar-refractivity contribution < 1.29 is 13.9 Å². The number of carbonyl (C=O) groups excluding carboxylic acids is 1. The molecular formula is C14H27FN2O2. The molecule has 0 radical (unpaired) electrons. The molecule has 0 aliphatic carbocycles. The summed E-state index contributed by atoms with van der Waals surface area (Å²) in [5.41, 5.74) is -0.442. The van der Waals surface area contributed by atoms with Crippen molar-refractivity contribution in [2.45, 2.75) is 58.1 Å². The predicted molar refractivity (Wildman–Crippen MR) is 74.0 cm³/mol. The van der Waals surface area contributed by atoms with Crippen molar-refractivity contribution in [1.82, 2.24) is 10.2 Å². The van der Waals surface area contributed by atoms with E-state index in [1.165, 1.54) is 0 Å². The number of carbonyl (C=O) groups is 1. The fourth-order valence-electron chi connectivity index (χ4n) is 2.18. The minimum Gasteiger partial charge on any atom is -0.444 e. The number of ether oxygens (including phenoxy) is 1. The topological polar surface area (TPSA) is 41.6 Å². The van der Waals surface area contributed by atoms with Crippen LogP contribution in [0.4, 0.5) is 9.18 Å². The van der Waals surface area contributed by atoms with Gasteiger partial charge in [0.1, 0.15) is 5.60 Å². The second-order valence-corrected chi connectivity index (χ2v) is 6.09. The highest BCUT2D eigenvalue weighted by molar-refractivity contribution is 5.68. The zero-order valence-electron chi connectivity index (χ0n) is 12.4. The summed E-state index contributed by atoms with van der Waals surface area (Å²) in [7, 11) is 0. The zero-order chi connectivity index (χ0) is 14.3. The molecule has 1 fully saturated rings. The Morgan fingerprint density at radius 3 is 2.74 bits per heavy atom. The van der Waals surface area contributed by atoms with Crippen LogP contribution in [-0.4, -0.2) is 48.9 Å². The maximum atomic E-state index is 12.0. The summed E-state index contributed by atoms with van der Waals surface area (Å²) in [5, 5.41) is 3.35. The molecule has 1 rings (SSSR count). The fourth-order valence-corrected chi connectivity index (χ4v) is 2.18. The van der Waals surface area contributed by atoms with E-state index < -0.39 is 5.60 Å². The molecule has 0 aromatic heterocycles. The molecule has 0 spiro atoms. The Bertz CT molecular complexity index is 279. The van der Waals surface area contributed by atoms with E-state index in [0.717, 1.165) is 25.8 Å². The first kappa shape index (κ1) is 16.2. The van der Waals surface area contributed by atoms with Crippen molar-refractivity contribution >= 4 is 6.09 Å². The summed E-state index contributed by atoms with van der Waals surface area (Å²) in [5.74, 6) is 0. The van der Waals surface area contributed by atoms with Crippen molar-refractivity contribution in [1.29, 1.82) is 0 Å². The highest BCUT2D eigenvalue weighted by Crippen LogP contribution is 2.15. The molecule has 4 nitrogen and oxygen atoms in total. The number of rotatable bonds is 4. The third-order valence-corrected chi connectivity index (χ3v) is 3.12. The quantitative estimate of drug-likeness (QED) is 0.801. The van der Waals surface area contributed by atoms with Gasteiger partial charge >= 0.3 is 6.09 Å². The standard InChI is InChI=1S/C14H27FN2O2/c1-14(2,3)19-13(18)17-10-4-6-12(7-11-17)16-9-5-8-15/h12,16H,4-11H2,1-3H3. The summed E-state index contributed by atoms with van der Waals surface area (Å²) >= 11 is 0. The molecule has 0 bridgehead atoms. The summed E-state index contributed by atoms with van der Waals surface area (Å²) in [6, 6.07) is 0.388. The third kappa shape index (κ3) is 6.76. The van der Waals surface area contributed by atoms with Crippen molar-refractivity contribution in [3.63, 3.8) is 0 Å². The Labute approximate surface area is 115 Å². The molecule has 0 aromatic rings. The van der Waals surface area contributed by atoms with Crippen molar-refractivity contribution in [3.8, 4) is 0 Å². The minimum atomic E-state index is -0.442. The van der Waals surface area contributed by atoms with E-state index in [9.17, 15) is 9.18 Å². The van der Waals surface area contributed by atoms with Gasteiger partial charge in [-0.05, 0) is 53.0 Å². The Morgan fingerprint density at radius 1 is 1.37 bits per heavy atom. The number of hydrogen-bond donors (Lipinski definition) is 1. The second kappa shape index (κ2) is 7.68. The Hall–Kier alpha value is -0.840. The molecule has 1 saturated heterocycles. The van der Waals surface area contributed by atoms with E-state index in [1.54, 1.807) is 4.90 Å². The number of amides is 1. The Balaban J connectivity index is 2.34. The lowest BCUT2D eigenvalue weighted by atomic mass is 10.1. The van der Waals surface area contributed by atoms with Gasteiger partial charge in [0, 0.05) is 19.1 Å². The molecule has 0 saturated carbocycles. The van der Waals surface area contributed by atoms with Gasteiger partial charge in [0.25, 0.3) is 0 Å². The van der Waals surface area contributed by atoms with Crippen LogP contribution in [0.1, 0.15) is 46.5 Å². The molecule has 0 aromatic carbocycles. The normalized spacial score (nSPS) is 21.1. The highest BCUT2D eigenvalue weighted by Gasteiger charge is 2.24. The highest BCUT2D eigenvalue weighted by atomic mass is 19.1. The Kier molecular flexibility index (Phi) is 6.55. The first-order valence-corrected chi connectivity index (χ1v) is 7.19. The number of nitrogens with one attached hydrogen (secondary N) is 1. The molecule has 5 heteroatoms. The van der Waals surface area contributed by atoms with Gasteiger partial charge in [0.2, 0.25) is 0 Å². The van der Waals surface area contributed by atoms with Gasteiger partial charge in [-0.25, -0.2) is 4.79 Å². The van der Waals surface area contributed by atoms with E-state index in [-0.39, 0.29) is 12.8 Å². The number of alkyl halides is 1. The van der Waals surface area contributed by atoms with E-state index >= 15 is 0 Å². The van der Waals surface area contributed by atoms with Crippen LogP contribution in [0.2, 0.25) is 0 Å². The molecular weight excluding hydrogens is 247 g/mol. The van der Waals surface area contributed by atoms with Crippen LogP contribution in [0, 0.1) is 0 Å². The van der Waals surface area contributed by atoms with Gasteiger partial charge in [-0.3, -0.25) is 4.39 Å². The summed E-state index contributed by atoms with van der Waals surface area (Å²) < 4.78 is 17.4. The molecule has 1 aliphatic rings. The lowest BCUT2D eigenvalue weighted by molar-refractivity contribution is 0.0256. The molecule has 1 N–H and O–H groups in total. The average molecular weight is 274 g/mol. The Morgan fingerprint density at radius 2 is 2.11 bits per heavy atom. The van der Waals surface area contributed by atoms with E-state index in [0.29, 0.717) is 25.6 Å². The number of hydrogen-bond acceptors (Lipinski definition) is 3.